The zero-order chi connectivity index (χ0) is 14.2. The predicted molar refractivity (Wildman–Crippen MR) is 66.4 cm³/mol. The van der Waals surface area contributed by atoms with Gasteiger partial charge in [0, 0.05) is 0 Å². The molecule has 0 spiro atoms. The normalized spacial score (nSPS) is 15.9. The molecule has 0 aromatic rings. The van der Waals surface area contributed by atoms with Crippen molar-refractivity contribution in [1.82, 2.24) is 0 Å². The molecule has 0 atom stereocenters. The molecule has 0 radical (unpaired) electrons. The molecular formula is C9H21F6PS. The molecular weight excluding hydrogens is 285 g/mol. The molecule has 0 aliphatic heterocycles. The van der Waals surface area contributed by atoms with Crippen molar-refractivity contribution in [3.05, 3.63) is 0 Å². The van der Waals surface area contributed by atoms with E-state index in [1.807, 2.05) is 0 Å². The van der Waals surface area contributed by atoms with Gasteiger partial charge in [-0.25, -0.2) is 0 Å². The fraction of sp³-hybridized carbons (Fsp3) is 1.00. The standard InChI is InChI=1S/C9H21S.F6P/c1-4-7-8-9-10(5-2)6-3;1-7(2,3,4,5)6/h4-9H2,1-3H3;/q+1;-1. The Balaban J connectivity index is 0. The van der Waals surface area contributed by atoms with Gasteiger partial charge >= 0.3 is 33.0 Å². The van der Waals surface area contributed by atoms with Crippen LogP contribution in [0.3, 0.4) is 0 Å². The van der Waals surface area contributed by atoms with Gasteiger partial charge in [0.05, 0.1) is 0 Å². The van der Waals surface area contributed by atoms with Crippen LogP contribution in [-0.2, 0) is 10.9 Å². The summed E-state index contributed by atoms with van der Waals surface area (Å²) < 4.78 is 59.2. The predicted octanol–water partition coefficient (Wildman–Crippen LogP) is 6.22. The molecule has 0 rings (SSSR count). The second-order valence-corrected chi connectivity index (χ2v) is 8.26. The molecule has 0 saturated carbocycles. The van der Waals surface area contributed by atoms with Crippen molar-refractivity contribution < 1.29 is 25.2 Å². The van der Waals surface area contributed by atoms with E-state index in [2.05, 4.69) is 20.8 Å². The summed E-state index contributed by atoms with van der Waals surface area (Å²) in [6.07, 6.45) is 4.26. The average molecular weight is 306 g/mol. The zero-order valence-electron chi connectivity index (χ0n) is 10.4. The van der Waals surface area contributed by atoms with Crippen molar-refractivity contribution in [2.24, 2.45) is 0 Å². The van der Waals surface area contributed by atoms with Gasteiger partial charge in [-0.3, -0.25) is 0 Å². The Bertz CT molecular complexity index is 183. The first-order chi connectivity index (χ1) is 7.30. The van der Waals surface area contributed by atoms with Gasteiger partial charge in [0.2, 0.25) is 0 Å². The molecule has 0 amide bonds. The van der Waals surface area contributed by atoms with Crippen molar-refractivity contribution >= 4 is 18.7 Å². The van der Waals surface area contributed by atoms with E-state index in [0.717, 1.165) is 10.9 Å². The Labute approximate surface area is 102 Å². The van der Waals surface area contributed by atoms with Crippen molar-refractivity contribution in [3.63, 3.8) is 0 Å². The van der Waals surface area contributed by atoms with Crippen LogP contribution in [-0.4, -0.2) is 17.3 Å². The Morgan fingerprint density at radius 1 is 0.765 bits per heavy atom. The van der Waals surface area contributed by atoms with Crippen LogP contribution in [0.2, 0.25) is 0 Å². The molecule has 0 aliphatic carbocycles. The Morgan fingerprint density at radius 2 is 1.12 bits per heavy atom. The molecule has 0 aromatic heterocycles. The second kappa shape index (κ2) is 6.50. The zero-order valence-corrected chi connectivity index (χ0v) is 12.1. The minimum absolute atomic E-state index is 0.760. The fourth-order valence-electron chi connectivity index (χ4n) is 1.05. The third kappa shape index (κ3) is 38.5. The van der Waals surface area contributed by atoms with Gasteiger partial charge in [-0.15, -0.1) is 0 Å². The van der Waals surface area contributed by atoms with Gasteiger partial charge < -0.3 is 0 Å². The molecule has 0 saturated heterocycles. The fourth-order valence-corrected chi connectivity index (χ4v) is 2.65. The number of hydrogen-bond donors (Lipinski definition) is 0. The summed E-state index contributed by atoms with van der Waals surface area (Å²) in [5.41, 5.74) is 0. The molecule has 0 fully saturated rings. The third-order valence-corrected chi connectivity index (χ3v) is 4.35. The molecule has 0 nitrogen and oxygen atoms in total. The van der Waals surface area contributed by atoms with E-state index < -0.39 is 7.81 Å². The Kier molecular flexibility index (Phi) is 7.54. The minimum atomic E-state index is -10.7. The average Bonchev–Trinajstić information content (AvgIpc) is 2.07. The van der Waals surface area contributed by atoms with Gasteiger partial charge in [0.1, 0.15) is 17.3 Å². The summed E-state index contributed by atoms with van der Waals surface area (Å²) in [4.78, 5) is 0. The summed E-state index contributed by atoms with van der Waals surface area (Å²) in [5, 5.41) is 0. The summed E-state index contributed by atoms with van der Waals surface area (Å²) >= 11 is 0. The van der Waals surface area contributed by atoms with Crippen LogP contribution < -0.4 is 0 Å². The Hall–Kier alpha value is 0.360. The SMILES string of the molecule is CCCCC[S+](CC)CC.F[P-](F)(F)(F)(F)F. The summed E-state index contributed by atoms with van der Waals surface area (Å²) in [7, 11) is -9.90. The van der Waals surface area contributed by atoms with Crippen LogP contribution in [0.15, 0.2) is 0 Å². The maximum absolute atomic E-state index is 10.7. The van der Waals surface area contributed by atoms with Gasteiger partial charge in [-0.1, -0.05) is 13.3 Å². The summed E-state index contributed by atoms with van der Waals surface area (Å²) in [5.74, 6) is 4.29. The van der Waals surface area contributed by atoms with Crippen molar-refractivity contribution in [1.29, 1.82) is 0 Å². The third-order valence-electron chi connectivity index (χ3n) is 1.85. The molecule has 0 N–H and O–H groups in total. The molecule has 0 aromatic carbocycles. The van der Waals surface area contributed by atoms with E-state index in [0.29, 0.717) is 0 Å². The van der Waals surface area contributed by atoms with E-state index in [1.165, 1.54) is 36.5 Å². The maximum atomic E-state index is 9.87. The molecule has 0 bridgehead atoms. The first-order valence-electron chi connectivity index (χ1n) is 5.50. The molecule has 0 unspecified atom stereocenters. The van der Waals surface area contributed by atoms with Gasteiger partial charge in [0.15, 0.2) is 0 Å². The second-order valence-electron chi connectivity index (χ2n) is 3.56. The molecule has 17 heavy (non-hydrogen) atoms. The molecule has 110 valence electrons. The molecule has 0 aliphatic rings. The van der Waals surface area contributed by atoms with Crippen LogP contribution in [0, 0.1) is 0 Å². The van der Waals surface area contributed by atoms with Crippen LogP contribution in [0.5, 0.6) is 0 Å². The van der Waals surface area contributed by atoms with Gasteiger partial charge in [-0.05, 0) is 37.6 Å². The van der Waals surface area contributed by atoms with E-state index >= 15 is 0 Å². The van der Waals surface area contributed by atoms with Crippen LogP contribution in [0.25, 0.3) is 0 Å². The van der Waals surface area contributed by atoms with Crippen LogP contribution in [0.1, 0.15) is 40.0 Å². The first-order valence-corrected chi connectivity index (χ1v) is 9.26. The van der Waals surface area contributed by atoms with Gasteiger partial charge in [-0.2, -0.15) is 0 Å². The number of hydrogen-bond acceptors (Lipinski definition) is 0. The quantitative estimate of drug-likeness (QED) is 0.236. The van der Waals surface area contributed by atoms with Crippen LogP contribution >= 0.6 is 7.81 Å². The van der Waals surface area contributed by atoms with E-state index in [9.17, 15) is 25.2 Å². The first kappa shape index (κ1) is 19.7. The van der Waals surface area contributed by atoms with Gasteiger partial charge in [0.25, 0.3) is 0 Å². The monoisotopic (exact) mass is 306 g/mol. The Morgan fingerprint density at radius 3 is 1.35 bits per heavy atom. The molecule has 8 heteroatoms. The molecule has 0 heterocycles. The van der Waals surface area contributed by atoms with Crippen molar-refractivity contribution in [3.8, 4) is 0 Å². The number of halogens is 6. The summed E-state index contributed by atoms with van der Waals surface area (Å²) in [6, 6.07) is 0. The van der Waals surface area contributed by atoms with Crippen LogP contribution in [0.4, 0.5) is 25.2 Å². The summed E-state index contributed by atoms with van der Waals surface area (Å²) in [6.45, 7) is 6.91. The van der Waals surface area contributed by atoms with E-state index in [-0.39, 0.29) is 0 Å². The number of rotatable bonds is 6. The van der Waals surface area contributed by atoms with E-state index in [4.69, 9.17) is 0 Å². The number of unbranched alkanes of at least 4 members (excludes halogenated alkanes) is 2. The van der Waals surface area contributed by atoms with Crippen molar-refractivity contribution in [2.75, 3.05) is 17.3 Å². The van der Waals surface area contributed by atoms with Crippen molar-refractivity contribution in [2.45, 2.75) is 40.0 Å². The topological polar surface area (TPSA) is 0 Å². The van der Waals surface area contributed by atoms with E-state index in [1.54, 1.807) is 0 Å².